The Bertz CT molecular complexity index is 609. The molecule has 0 atom stereocenters. The Morgan fingerprint density at radius 3 is 2.48 bits per heavy atom. The van der Waals surface area contributed by atoms with E-state index in [9.17, 15) is 9.59 Å². The predicted octanol–water partition coefficient (Wildman–Crippen LogP) is 2.69. The summed E-state index contributed by atoms with van der Waals surface area (Å²) in [5.41, 5.74) is 1.20. The van der Waals surface area contributed by atoms with Gasteiger partial charge in [0.25, 0.3) is 0 Å². The van der Waals surface area contributed by atoms with Crippen molar-refractivity contribution in [3.05, 3.63) is 54.2 Å². The van der Waals surface area contributed by atoms with Crippen LogP contribution in [0.15, 0.2) is 48.7 Å². The van der Waals surface area contributed by atoms with Crippen molar-refractivity contribution < 1.29 is 14.3 Å². The molecule has 5 heteroatoms. The van der Waals surface area contributed by atoms with E-state index >= 15 is 0 Å². The second-order valence-electron chi connectivity index (χ2n) is 4.43. The molecule has 0 aliphatic rings. The number of rotatable bonds is 6. The molecule has 5 nitrogen and oxygen atoms in total. The molecule has 1 N–H and O–H groups in total. The zero-order valence-corrected chi connectivity index (χ0v) is 11.7. The molecule has 1 aromatic carbocycles. The molecule has 2 aromatic rings. The lowest BCUT2D eigenvalue weighted by Crippen LogP contribution is -2.13. The number of carbonyl (C=O) groups is 2. The summed E-state index contributed by atoms with van der Waals surface area (Å²) in [6, 6.07) is 12.3. The molecule has 0 radical (unpaired) electrons. The first-order valence-corrected chi connectivity index (χ1v) is 6.57. The summed E-state index contributed by atoms with van der Waals surface area (Å²) in [6.07, 6.45) is 1.83. The van der Waals surface area contributed by atoms with Gasteiger partial charge in [-0.3, -0.25) is 9.59 Å². The summed E-state index contributed by atoms with van der Waals surface area (Å²) in [6.45, 7) is 0. The Morgan fingerprint density at radius 2 is 1.86 bits per heavy atom. The molecule has 0 aliphatic carbocycles. The number of hydrogen-bond acceptors (Lipinski definition) is 4. The topological polar surface area (TPSA) is 68.3 Å². The number of ketones is 1. The van der Waals surface area contributed by atoms with E-state index in [0.717, 1.165) is 0 Å². The fraction of sp³-hybridized carbons (Fsp3) is 0.188. The first-order valence-electron chi connectivity index (χ1n) is 6.57. The van der Waals surface area contributed by atoms with Gasteiger partial charge in [-0.2, -0.15) is 0 Å². The number of pyridine rings is 1. The van der Waals surface area contributed by atoms with E-state index < -0.39 is 0 Å². The molecule has 0 aliphatic heterocycles. The second kappa shape index (κ2) is 7.19. The van der Waals surface area contributed by atoms with Crippen molar-refractivity contribution in [3.63, 3.8) is 0 Å². The standard InChI is InChI=1S/C16H16N2O3/c1-21-16-10-7-13(11-17-16)18-15(20)9-8-14(19)12-5-3-2-4-6-12/h2-7,10-11H,8-9H2,1H3,(H,18,20). The van der Waals surface area contributed by atoms with Gasteiger partial charge in [0, 0.05) is 24.5 Å². The van der Waals surface area contributed by atoms with Crippen LogP contribution in [0.1, 0.15) is 23.2 Å². The van der Waals surface area contributed by atoms with Gasteiger partial charge in [-0.15, -0.1) is 0 Å². The number of ether oxygens (including phenoxy) is 1. The van der Waals surface area contributed by atoms with Crippen LogP contribution in [0, 0.1) is 0 Å². The normalized spacial score (nSPS) is 9.95. The summed E-state index contributed by atoms with van der Waals surface area (Å²) in [4.78, 5) is 27.6. The molecule has 0 bridgehead atoms. The van der Waals surface area contributed by atoms with E-state index in [1.807, 2.05) is 6.07 Å². The average Bonchev–Trinajstić information content (AvgIpc) is 2.54. The Balaban J connectivity index is 1.83. The molecule has 1 heterocycles. The molecule has 1 amide bonds. The van der Waals surface area contributed by atoms with Crippen LogP contribution in [0.2, 0.25) is 0 Å². The van der Waals surface area contributed by atoms with Crippen molar-refractivity contribution in [1.29, 1.82) is 0 Å². The van der Waals surface area contributed by atoms with E-state index in [4.69, 9.17) is 4.74 Å². The van der Waals surface area contributed by atoms with Gasteiger partial charge in [-0.25, -0.2) is 4.98 Å². The lowest BCUT2D eigenvalue weighted by atomic mass is 10.1. The van der Waals surface area contributed by atoms with Crippen molar-refractivity contribution >= 4 is 17.4 Å². The smallest absolute Gasteiger partial charge is 0.224 e. The lowest BCUT2D eigenvalue weighted by molar-refractivity contribution is -0.116. The number of nitrogens with one attached hydrogen (secondary N) is 1. The molecule has 1 aromatic heterocycles. The van der Waals surface area contributed by atoms with Gasteiger partial charge in [0.2, 0.25) is 11.8 Å². The van der Waals surface area contributed by atoms with E-state index in [2.05, 4.69) is 10.3 Å². The fourth-order valence-corrected chi connectivity index (χ4v) is 1.79. The van der Waals surface area contributed by atoms with Gasteiger partial charge >= 0.3 is 0 Å². The van der Waals surface area contributed by atoms with Crippen LogP contribution < -0.4 is 10.1 Å². The average molecular weight is 284 g/mol. The molecule has 21 heavy (non-hydrogen) atoms. The highest BCUT2D eigenvalue weighted by atomic mass is 16.5. The zero-order valence-electron chi connectivity index (χ0n) is 11.7. The van der Waals surface area contributed by atoms with Crippen molar-refractivity contribution in [2.24, 2.45) is 0 Å². The molecule has 108 valence electrons. The van der Waals surface area contributed by atoms with Gasteiger partial charge in [-0.1, -0.05) is 30.3 Å². The van der Waals surface area contributed by atoms with Crippen molar-refractivity contribution in [2.75, 3.05) is 12.4 Å². The first kappa shape index (κ1) is 14.7. The molecule has 0 unspecified atom stereocenters. The quantitative estimate of drug-likeness (QED) is 0.828. The molecule has 0 fully saturated rings. The van der Waals surface area contributed by atoms with Gasteiger partial charge in [0.15, 0.2) is 5.78 Å². The van der Waals surface area contributed by atoms with Gasteiger partial charge in [-0.05, 0) is 6.07 Å². The zero-order chi connectivity index (χ0) is 15.1. The molecule has 2 rings (SSSR count). The third-order valence-electron chi connectivity index (χ3n) is 2.90. The maximum Gasteiger partial charge on any atom is 0.224 e. The van der Waals surface area contributed by atoms with E-state index in [-0.39, 0.29) is 24.5 Å². The SMILES string of the molecule is COc1ccc(NC(=O)CCC(=O)c2ccccc2)cn1. The Morgan fingerprint density at radius 1 is 1.10 bits per heavy atom. The van der Waals surface area contributed by atoms with Crippen molar-refractivity contribution in [3.8, 4) is 5.88 Å². The maximum atomic E-state index is 11.9. The Labute approximate surface area is 123 Å². The number of Topliss-reactive ketones (excluding diaryl/α,β-unsaturated/α-hetero) is 1. The highest BCUT2D eigenvalue weighted by Gasteiger charge is 2.09. The second-order valence-corrected chi connectivity index (χ2v) is 4.43. The molecular formula is C16H16N2O3. The molecule has 0 saturated carbocycles. The van der Waals surface area contributed by atoms with Crippen LogP contribution in [0.5, 0.6) is 5.88 Å². The van der Waals surface area contributed by atoms with Crippen LogP contribution in [-0.4, -0.2) is 23.8 Å². The number of aromatic nitrogens is 1. The van der Waals surface area contributed by atoms with E-state index in [1.54, 1.807) is 36.4 Å². The third kappa shape index (κ3) is 4.42. The first-order chi connectivity index (χ1) is 10.2. The third-order valence-corrected chi connectivity index (χ3v) is 2.90. The Kier molecular flexibility index (Phi) is 5.04. The summed E-state index contributed by atoms with van der Waals surface area (Å²) in [5, 5.41) is 2.69. The number of carbonyl (C=O) groups excluding carboxylic acids is 2. The largest absolute Gasteiger partial charge is 0.481 e. The number of anilines is 1. The highest BCUT2D eigenvalue weighted by Crippen LogP contribution is 2.12. The lowest BCUT2D eigenvalue weighted by Gasteiger charge is -2.05. The van der Waals surface area contributed by atoms with Gasteiger partial charge in [0.1, 0.15) is 0 Å². The van der Waals surface area contributed by atoms with Crippen LogP contribution in [-0.2, 0) is 4.79 Å². The summed E-state index contributed by atoms with van der Waals surface area (Å²) in [7, 11) is 1.52. The summed E-state index contributed by atoms with van der Waals surface area (Å²) >= 11 is 0. The van der Waals surface area contributed by atoms with Gasteiger partial charge in [0.05, 0.1) is 19.0 Å². The number of nitrogens with zero attached hydrogens (tertiary/aromatic N) is 1. The van der Waals surface area contributed by atoms with Crippen LogP contribution in [0.4, 0.5) is 5.69 Å². The number of methoxy groups -OCH3 is 1. The molecular weight excluding hydrogens is 268 g/mol. The number of amides is 1. The summed E-state index contributed by atoms with van der Waals surface area (Å²) < 4.78 is 4.93. The maximum absolute atomic E-state index is 11.9. The molecule has 0 saturated heterocycles. The minimum absolute atomic E-state index is 0.0430. The van der Waals surface area contributed by atoms with E-state index in [1.165, 1.54) is 13.3 Å². The minimum atomic E-state index is -0.216. The summed E-state index contributed by atoms with van der Waals surface area (Å²) in [5.74, 6) is 0.220. The Hall–Kier alpha value is -2.69. The van der Waals surface area contributed by atoms with Crippen LogP contribution >= 0.6 is 0 Å². The minimum Gasteiger partial charge on any atom is -0.481 e. The van der Waals surface area contributed by atoms with E-state index in [0.29, 0.717) is 17.1 Å². The number of hydrogen-bond donors (Lipinski definition) is 1. The van der Waals surface area contributed by atoms with Crippen molar-refractivity contribution in [2.45, 2.75) is 12.8 Å². The highest BCUT2D eigenvalue weighted by molar-refractivity contribution is 5.99. The van der Waals surface area contributed by atoms with Crippen LogP contribution in [0.25, 0.3) is 0 Å². The number of benzene rings is 1. The fourth-order valence-electron chi connectivity index (χ4n) is 1.79. The van der Waals surface area contributed by atoms with Crippen LogP contribution in [0.3, 0.4) is 0 Å². The van der Waals surface area contributed by atoms with Gasteiger partial charge < -0.3 is 10.1 Å². The monoisotopic (exact) mass is 284 g/mol. The van der Waals surface area contributed by atoms with Crippen molar-refractivity contribution in [1.82, 2.24) is 4.98 Å². The molecule has 0 spiro atoms. The predicted molar refractivity (Wildman–Crippen MR) is 79.4 cm³/mol.